The number of amides is 12. The lowest BCUT2D eigenvalue weighted by molar-refractivity contribution is -0.154. The lowest BCUT2D eigenvalue weighted by Crippen LogP contribution is -2.64. The first kappa shape index (κ1) is 87.1. The highest BCUT2D eigenvalue weighted by Gasteiger charge is 2.45. The number of rotatable bonds is 22. The van der Waals surface area contributed by atoms with Crippen molar-refractivity contribution in [2.75, 3.05) is 82.6 Å². The third-order valence-electron chi connectivity index (χ3n) is 17.1. The number of aliphatic hydroxyl groups excluding tert-OH is 2. The molecule has 1 fully saturated rings. The molecule has 0 aromatic heterocycles. The van der Waals surface area contributed by atoms with Crippen molar-refractivity contribution < 1.29 is 72.5 Å². The number of ether oxygens (including phenoxy) is 1. The van der Waals surface area contributed by atoms with Crippen molar-refractivity contribution >= 4 is 71.1 Å². The van der Waals surface area contributed by atoms with Crippen molar-refractivity contribution in [2.45, 2.75) is 228 Å². The number of likely N-dealkylation sites (N-methyl/N-ethyl adjacent to an activating group) is 7. The first-order valence-corrected chi connectivity index (χ1v) is 34.0. The van der Waals surface area contributed by atoms with Crippen LogP contribution >= 0.6 is 0 Å². The van der Waals surface area contributed by atoms with Crippen LogP contribution in [-0.2, 0) is 57.5 Å². The first-order chi connectivity index (χ1) is 44.4. The minimum Gasteiger partial charge on any atom is -0.449 e. The van der Waals surface area contributed by atoms with E-state index in [4.69, 9.17) is 4.74 Å². The van der Waals surface area contributed by atoms with Gasteiger partial charge in [-0.1, -0.05) is 95.2 Å². The molecule has 1 rings (SSSR count). The highest BCUT2D eigenvalue weighted by Crippen LogP contribution is 2.24. The van der Waals surface area contributed by atoms with E-state index >= 15 is 14.4 Å². The molecule has 550 valence electrons. The van der Waals surface area contributed by atoms with Gasteiger partial charge in [0, 0.05) is 55.4 Å². The summed E-state index contributed by atoms with van der Waals surface area (Å²) in [6.45, 7) is 27.3. The molecular weight excluding hydrogens is 1240 g/mol. The molecule has 0 spiro atoms. The fraction of sp³-hybridized carbons (Fsp3) is 0.794. The molecule has 1 heterocycles. The predicted molar refractivity (Wildman–Crippen MR) is 367 cm³/mol. The van der Waals surface area contributed by atoms with Crippen LogP contribution in [0.2, 0.25) is 0 Å². The molecule has 1 aliphatic rings. The normalized spacial score (nSPS) is 25.6. The Morgan fingerprint density at radius 1 is 0.531 bits per heavy atom. The van der Waals surface area contributed by atoms with Gasteiger partial charge in [0.2, 0.25) is 65.0 Å². The van der Waals surface area contributed by atoms with Crippen LogP contribution in [0.25, 0.3) is 0 Å². The Morgan fingerprint density at radius 3 is 1.42 bits per heavy atom. The van der Waals surface area contributed by atoms with E-state index in [1.54, 1.807) is 32.9 Å². The van der Waals surface area contributed by atoms with Crippen LogP contribution in [0.4, 0.5) is 4.79 Å². The number of hydrogen-bond donors (Lipinski definition) is 8. The second kappa shape index (κ2) is 41.3. The number of nitrogens with zero attached hydrogens (tertiary/aromatic N) is 7. The van der Waals surface area contributed by atoms with E-state index in [1.807, 2.05) is 88.2 Å². The summed E-state index contributed by atoms with van der Waals surface area (Å²) in [4.78, 5) is 183. The summed E-state index contributed by atoms with van der Waals surface area (Å²) >= 11 is 0. The van der Waals surface area contributed by atoms with Gasteiger partial charge in [-0.2, -0.15) is 0 Å². The van der Waals surface area contributed by atoms with Crippen LogP contribution in [0.5, 0.6) is 0 Å². The Bertz CT molecular complexity index is 2620. The molecule has 8 N–H and O–H groups in total. The average molecular weight is 1360 g/mol. The maximum atomic E-state index is 15.3. The average Bonchev–Trinajstić information content (AvgIpc) is 0.817. The molecule has 0 saturated carbocycles. The summed E-state index contributed by atoms with van der Waals surface area (Å²) in [7, 11) is 11.7. The maximum absolute atomic E-state index is 15.3. The molecule has 0 aromatic rings. The van der Waals surface area contributed by atoms with Crippen molar-refractivity contribution in [3.63, 3.8) is 0 Å². The summed E-state index contributed by atoms with van der Waals surface area (Å²) < 4.78 is 5.52. The van der Waals surface area contributed by atoms with E-state index in [0.29, 0.717) is 6.54 Å². The van der Waals surface area contributed by atoms with Gasteiger partial charge >= 0.3 is 6.09 Å². The van der Waals surface area contributed by atoms with Gasteiger partial charge in [-0.25, -0.2) is 4.79 Å². The SMILES string of the molecule is C/C=C/C[C@@H](C)[C@@H](O)[C@H]1C(=O)N[C@@H](C(C)O)C(=O)N(C)CC(=O)N(C)[C@@H](CC(C)C)C(=O)N[C@@H](CC(C)C)C(=O)N(C)[C@@H](CC(C)C)C(=O)N[C@@H](C)C(=O)N[C@H](C)C(=O)N(C)[C@@H](C[C@H](C)COC(=O)NCCN(C)C)C(=O)N[C@@H](CC(C)C)C(=O)N(C)[C@@H](CC(C)C)C(=O)N1C. The van der Waals surface area contributed by atoms with Gasteiger partial charge in [0.05, 0.1) is 25.4 Å². The highest BCUT2D eigenvalue weighted by molar-refractivity contribution is 5.99. The van der Waals surface area contributed by atoms with Gasteiger partial charge in [0.25, 0.3) is 0 Å². The number of carbonyl (C=O) groups excluding carboxylic acids is 12. The summed E-state index contributed by atoms with van der Waals surface area (Å²) in [5.41, 5.74) is 0. The molecule has 28 nitrogen and oxygen atoms in total. The molecule has 28 heteroatoms. The van der Waals surface area contributed by atoms with Crippen molar-refractivity contribution in [1.82, 2.24) is 66.2 Å². The lowest BCUT2D eigenvalue weighted by Gasteiger charge is -2.39. The predicted octanol–water partition coefficient (Wildman–Crippen LogP) is 1.95. The van der Waals surface area contributed by atoms with Crippen LogP contribution in [0.1, 0.15) is 156 Å². The van der Waals surface area contributed by atoms with Crippen molar-refractivity contribution in [3.8, 4) is 0 Å². The zero-order chi connectivity index (χ0) is 74.1. The summed E-state index contributed by atoms with van der Waals surface area (Å²) in [5.74, 6) is -11.2. The summed E-state index contributed by atoms with van der Waals surface area (Å²) in [6, 6.07) is -13.9. The van der Waals surface area contributed by atoms with Gasteiger partial charge in [-0.05, 0) is 128 Å². The van der Waals surface area contributed by atoms with Gasteiger partial charge in [-0.3, -0.25) is 52.7 Å². The zero-order valence-corrected chi connectivity index (χ0v) is 62.2. The summed E-state index contributed by atoms with van der Waals surface area (Å²) in [6.07, 6.45) is -0.0372. The zero-order valence-electron chi connectivity index (χ0n) is 62.2. The third kappa shape index (κ3) is 27.9. The van der Waals surface area contributed by atoms with Crippen LogP contribution in [0.3, 0.4) is 0 Å². The fourth-order valence-electron chi connectivity index (χ4n) is 11.3. The van der Waals surface area contributed by atoms with E-state index in [1.165, 1.54) is 72.9 Å². The number of alkyl carbamates (subject to hydrolysis) is 1. The Morgan fingerprint density at radius 2 is 0.958 bits per heavy atom. The Hall–Kier alpha value is -6.94. The van der Waals surface area contributed by atoms with E-state index in [2.05, 4.69) is 31.9 Å². The molecule has 0 radical (unpaired) electrons. The van der Waals surface area contributed by atoms with E-state index in [9.17, 15) is 53.4 Å². The largest absolute Gasteiger partial charge is 0.449 e. The van der Waals surface area contributed by atoms with Crippen molar-refractivity contribution in [2.24, 2.45) is 41.4 Å². The molecule has 0 aromatic carbocycles. The van der Waals surface area contributed by atoms with E-state index in [-0.39, 0.29) is 87.7 Å². The molecule has 1 unspecified atom stereocenters. The molecule has 0 aliphatic carbocycles. The number of carbonyl (C=O) groups is 12. The Kier molecular flexibility index (Phi) is 37.5. The maximum Gasteiger partial charge on any atom is 0.407 e. The van der Waals surface area contributed by atoms with Crippen LogP contribution in [0, 0.1) is 41.4 Å². The van der Waals surface area contributed by atoms with Gasteiger partial charge in [-0.15, -0.1) is 0 Å². The summed E-state index contributed by atoms with van der Waals surface area (Å²) in [5, 5.41) is 39.7. The first-order valence-electron chi connectivity index (χ1n) is 34.0. The van der Waals surface area contributed by atoms with Gasteiger partial charge in [0.1, 0.15) is 60.4 Å². The topological polar surface area (TPSA) is 349 Å². The molecule has 1 aliphatic heterocycles. The van der Waals surface area contributed by atoms with Crippen molar-refractivity contribution in [3.05, 3.63) is 12.2 Å². The number of aliphatic hydroxyl groups is 2. The third-order valence-corrected chi connectivity index (χ3v) is 17.1. The fourth-order valence-corrected chi connectivity index (χ4v) is 11.3. The highest BCUT2D eigenvalue weighted by atomic mass is 16.5. The number of hydrogen-bond acceptors (Lipinski definition) is 16. The molecule has 96 heavy (non-hydrogen) atoms. The minimum absolute atomic E-state index is 0.00624. The second-order valence-electron chi connectivity index (χ2n) is 28.9. The number of nitrogens with one attached hydrogen (secondary N) is 6. The van der Waals surface area contributed by atoms with Crippen LogP contribution < -0.4 is 31.9 Å². The molecule has 12 amide bonds. The minimum atomic E-state index is -1.77. The number of allylic oxidation sites excluding steroid dienone is 2. The van der Waals surface area contributed by atoms with Crippen LogP contribution in [0.15, 0.2) is 12.2 Å². The monoisotopic (exact) mass is 1360 g/mol. The molecule has 14 atom stereocenters. The Balaban J connectivity index is 4.45. The van der Waals surface area contributed by atoms with E-state index in [0.717, 1.165) is 19.6 Å². The Labute approximate surface area is 572 Å². The van der Waals surface area contributed by atoms with Crippen LogP contribution in [-0.4, -0.2) is 271 Å². The molecule has 1 saturated heterocycles. The smallest absolute Gasteiger partial charge is 0.407 e. The second-order valence-corrected chi connectivity index (χ2v) is 28.9. The molecule has 0 bridgehead atoms. The molecular formula is C68H123N13O15. The van der Waals surface area contributed by atoms with Crippen molar-refractivity contribution in [1.29, 1.82) is 0 Å². The lowest BCUT2D eigenvalue weighted by atomic mass is 9.91. The standard InChI is InChI=1S/C68H123N13O15/c1-25-26-27-44(13)57(84)56-62(89)74-55(47(16)82)67(94)76(19)36-54(83)77(20)50(32-40(6)7)60(87)72-48(30-38(2)3)64(91)79(22)51(33-41(8)9)59(86)70-45(14)58(85)71-46(15)63(90)78(21)52(35-43(12)37-96-68(95)69-28-29-75(17)18)61(88)73-49(31-39(4)5)65(92)80(23)53(34-42(10)11)66(93)81(56)24/h25-26,38-53,55-57,82,84H,27-37H2,1-24H3,(H,69,95)(H,70,86)(H,71,85)(H,72,87)(H,73,88)(H,74,89)/b26-25+/t43-,44+,45-,46+,47?,48-,49-,50-,51-,52-,53-,55-,56-,57+/m0/s1. The van der Waals surface area contributed by atoms with Gasteiger partial charge < -0.3 is 81.2 Å². The van der Waals surface area contributed by atoms with Gasteiger partial charge in [0.15, 0.2) is 0 Å². The quantitative estimate of drug-likeness (QED) is 0.0718. The van der Waals surface area contributed by atoms with E-state index < -0.39 is 162 Å².